The van der Waals surface area contributed by atoms with Crippen LogP contribution in [-0.2, 0) is 0 Å². The molecule has 0 atom stereocenters. The second-order valence-electron chi connectivity index (χ2n) is 4.26. The van der Waals surface area contributed by atoms with Crippen molar-refractivity contribution in [3.05, 3.63) is 52.8 Å². The van der Waals surface area contributed by atoms with Gasteiger partial charge in [0.25, 0.3) is 0 Å². The number of amides is 2. The smallest absolute Gasteiger partial charge is 0.337 e. The summed E-state index contributed by atoms with van der Waals surface area (Å²) in [6.45, 7) is 1.82. The molecule has 108 valence electrons. The van der Waals surface area contributed by atoms with E-state index in [1.54, 1.807) is 12.3 Å². The molecule has 1 aromatic carbocycles. The number of carboxylic acid groups (broad SMARTS) is 1. The molecule has 0 spiro atoms. The van der Waals surface area contributed by atoms with Gasteiger partial charge in [-0.25, -0.2) is 9.59 Å². The van der Waals surface area contributed by atoms with Gasteiger partial charge in [0, 0.05) is 11.2 Å². The Morgan fingerprint density at radius 2 is 1.90 bits per heavy atom. The number of aromatic nitrogens is 1. The van der Waals surface area contributed by atoms with E-state index in [0.717, 1.165) is 5.56 Å². The van der Waals surface area contributed by atoms with Crippen LogP contribution in [-0.4, -0.2) is 22.1 Å². The Balaban J connectivity index is 2.17. The third kappa shape index (κ3) is 3.70. The Morgan fingerprint density at radius 3 is 2.57 bits per heavy atom. The number of benzene rings is 1. The first-order valence-electron chi connectivity index (χ1n) is 5.99. The lowest BCUT2D eigenvalue weighted by atomic mass is 10.2. The van der Waals surface area contributed by atoms with Crippen molar-refractivity contribution in [3.8, 4) is 0 Å². The van der Waals surface area contributed by atoms with Crippen LogP contribution in [0.5, 0.6) is 0 Å². The van der Waals surface area contributed by atoms with E-state index in [1.807, 2.05) is 6.92 Å². The highest BCUT2D eigenvalue weighted by Crippen LogP contribution is 2.21. The maximum Gasteiger partial charge on any atom is 0.337 e. The molecule has 1 heterocycles. The monoisotopic (exact) mass is 305 g/mol. The molecule has 0 aliphatic carbocycles. The summed E-state index contributed by atoms with van der Waals surface area (Å²) < 4.78 is 0. The van der Waals surface area contributed by atoms with E-state index in [1.165, 1.54) is 24.4 Å². The highest BCUT2D eigenvalue weighted by Gasteiger charge is 2.13. The largest absolute Gasteiger partial charge is 0.478 e. The molecule has 1 aromatic heterocycles. The molecule has 2 rings (SSSR count). The third-order valence-corrected chi connectivity index (χ3v) is 2.98. The zero-order valence-electron chi connectivity index (χ0n) is 11.1. The number of hydrogen-bond donors (Lipinski definition) is 3. The fourth-order valence-corrected chi connectivity index (χ4v) is 1.85. The summed E-state index contributed by atoms with van der Waals surface area (Å²) in [6, 6.07) is 5.39. The number of anilines is 2. The number of hydrogen-bond acceptors (Lipinski definition) is 3. The van der Waals surface area contributed by atoms with Gasteiger partial charge in [-0.05, 0) is 36.8 Å². The number of nitrogens with zero attached hydrogens (tertiary/aromatic N) is 1. The number of halogens is 1. The SMILES string of the molecule is Cc1ccncc1NC(=O)Nc1ccc(Cl)cc1C(=O)O. The van der Waals surface area contributed by atoms with Gasteiger partial charge in [-0.3, -0.25) is 4.98 Å². The van der Waals surface area contributed by atoms with Gasteiger partial charge in [0.15, 0.2) is 0 Å². The van der Waals surface area contributed by atoms with Gasteiger partial charge in [-0.2, -0.15) is 0 Å². The predicted molar refractivity (Wildman–Crippen MR) is 80.0 cm³/mol. The summed E-state index contributed by atoms with van der Waals surface area (Å²) in [6.07, 6.45) is 3.12. The van der Waals surface area contributed by atoms with E-state index in [4.69, 9.17) is 16.7 Å². The fourth-order valence-electron chi connectivity index (χ4n) is 1.67. The summed E-state index contributed by atoms with van der Waals surface area (Å²) in [5.74, 6) is -1.18. The third-order valence-electron chi connectivity index (χ3n) is 2.75. The highest BCUT2D eigenvalue weighted by molar-refractivity contribution is 6.31. The van der Waals surface area contributed by atoms with E-state index in [9.17, 15) is 9.59 Å². The number of rotatable bonds is 3. The average Bonchev–Trinajstić information content (AvgIpc) is 2.43. The fraction of sp³-hybridized carbons (Fsp3) is 0.0714. The molecule has 3 N–H and O–H groups in total. The van der Waals surface area contributed by atoms with Crippen LogP contribution < -0.4 is 10.6 Å². The quantitative estimate of drug-likeness (QED) is 0.810. The molecular weight excluding hydrogens is 294 g/mol. The Bertz CT molecular complexity index is 704. The van der Waals surface area contributed by atoms with Crippen LogP contribution in [0.3, 0.4) is 0 Å². The van der Waals surface area contributed by atoms with Gasteiger partial charge in [0.2, 0.25) is 0 Å². The van der Waals surface area contributed by atoms with Gasteiger partial charge >= 0.3 is 12.0 Å². The van der Waals surface area contributed by atoms with Crippen LogP contribution in [0, 0.1) is 6.92 Å². The summed E-state index contributed by atoms with van der Waals surface area (Å²) >= 11 is 5.75. The molecule has 0 bridgehead atoms. The molecule has 0 radical (unpaired) electrons. The molecule has 2 aromatic rings. The molecular formula is C14H12ClN3O3. The molecule has 0 aliphatic rings. The lowest BCUT2D eigenvalue weighted by Crippen LogP contribution is -2.21. The maximum absolute atomic E-state index is 11.9. The number of aryl methyl sites for hydroxylation is 1. The number of nitrogens with one attached hydrogen (secondary N) is 2. The summed E-state index contributed by atoms with van der Waals surface area (Å²) in [5, 5.41) is 14.5. The van der Waals surface area contributed by atoms with Gasteiger partial charge in [0.05, 0.1) is 23.1 Å². The number of pyridine rings is 1. The molecule has 0 saturated heterocycles. The van der Waals surface area contributed by atoms with Crippen LogP contribution in [0.1, 0.15) is 15.9 Å². The standard InChI is InChI=1S/C14H12ClN3O3/c1-8-4-5-16-7-12(8)18-14(21)17-11-3-2-9(15)6-10(11)13(19)20/h2-7H,1H3,(H,19,20)(H2,17,18,21). The number of urea groups is 1. The molecule has 0 saturated carbocycles. The van der Waals surface area contributed by atoms with Gasteiger partial charge < -0.3 is 15.7 Å². The second kappa shape index (κ2) is 6.23. The normalized spacial score (nSPS) is 10.0. The molecule has 0 unspecified atom stereocenters. The van der Waals surface area contributed by atoms with Crippen molar-refractivity contribution in [1.82, 2.24) is 4.98 Å². The van der Waals surface area contributed by atoms with Crippen molar-refractivity contribution in [2.24, 2.45) is 0 Å². The van der Waals surface area contributed by atoms with Crippen LogP contribution in [0.2, 0.25) is 5.02 Å². The van der Waals surface area contributed by atoms with Crippen LogP contribution >= 0.6 is 11.6 Å². The number of carboxylic acids is 1. The van der Waals surface area contributed by atoms with Crippen molar-refractivity contribution in [2.45, 2.75) is 6.92 Å². The Morgan fingerprint density at radius 1 is 1.19 bits per heavy atom. The first-order chi connectivity index (χ1) is 9.97. The minimum absolute atomic E-state index is 0.0828. The Kier molecular flexibility index (Phi) is 4.39. The Hall–Kier alpha value is -2.60. The van der Waals surface area contributed by atoms with Gasteiger partial charge in [-0.15, -0.1) is 0 Å². The highest BCUT2D eigenvalue weighted by atomic mass is 35.5. The van der Waals surface area contributed by atoms with Crippen molar-refractivity contribution < 1.29 is 14.7 Å². The number of carbonyl (C=O) groups excluding carboxylic acids is 1. The zero-order valence-corrected chi connectivity index (χ0v) is 11.8. The minimum Gasteiger partial charge on any atom is -0.478 e. The van der Waals surface area contributed by atoms with Gasteiger partial charge in [-0.1, -0.05) is 11.6 Å². The zero-order chi connectivity index (χ0) is 15.4. The van der Waals surface area contributed by atoms with E-state index < -0.39 is 12.0 Å². The Labute approximate surface area is 125 Å². The minimum atomic E-state index is -1.18. The molecule has 0 fully saturated rings. The van der Waals surface area contributed by atoms with E-state index in [2.05, 4.69) is 15.6 Å². The molecule has 7 heteroatoms. The molecule has 6 nitrogen and oxygen atoms in total. The summed E-state index contributed by atoms with van der Waals surface area (Å²) in [4.78, 5) is 27.0. The lowest BCUT2D eigenvalue weighted by Gasteiger charge is -2.11. The van der Waals surface area contributed by atoms with Crippen molar-refractivity contribution >= 4 is 35.0 Å². The van der Waals surface area contributed by atoms with E-state index >= 15 is 0 Å². The summed E-state index contributed by atoms with van der Waals surface area (Å²) in [7, 11) is 0. The van der Waals surface area contributed by atoms with Gasteiger partial charge in [0.1, 0.15) is 0 Å². The number of carbonyl (C=O) groups is 2. The number of aromatic carboxylic acids is 1. The maximum atomic E-state index is 11.9. The lowest BCUT2D eigenvalue weighted by molar-refractivity contribution is 0.0698. The topological polar surface area (TPSA) is 91.3 Å². The van der Waals surface area contributed by atoms with Crippen LogP contribution in [0.15, 0.2) is 36.7 Å². The van der Waals surface area contributed by atoms with Crippen molar-refractivity contribution in [1.29, 1.82) is 0 Å². The van der Waals surface area contributed by atoms with Crippen molar-refractivity contribution in [3.63, 3.8) is 0 Å². The first-order valence-corrected chi connectivity index (χ1v) is 6.36. The van der Waals surface area contributed by atoms with E-state index in [-0.39, 0.29) is 16.3 Å². The average molecular weight is 306 g/mol. The predicted octanol–water partition coefficient (Wildman–Crippen LogP) is 3.39. The molecule has 0 aliphatic heterocycles. The molecule has 2 amide bonds. The molecule has 21 heavy (non-hydrogen) atoms. The summed E-state index contributed by atoms with van der Waals surface area (Å²) in [5.41, 5.74) is 1.46. The van der Waals surface area contributed by atoms with E-state index in [0.29, 0.717) is 5.69 Å². The van der Waals surface area contributed by atoms with Crippen LogP contribution in [0.4, 0.5) is 16.2 Å². The van der Waals surface area contributed by atoms with Crippen LogP contribution in [0.25, 0.3) is 0 Å². The second-order valence-corrected chi connectivity index (χ2v) is 4.70. The van der Waals surface area contributed by atoms with Crippen molar-refractivity contribution in [2.75, 3.05) is 10.6 Å². The first kappa shape index (κ1) is 14.8.